The highest BCUT2D eigenvalue weighted by molar-refractivity contribution is 5.96. The molecule has 0 fully saturated rings. The van der Waals surface area contributed by atoms with Gasteiger partial charge < -0.3 is 10.6 Å². The van der Waals surface area contributed by atoms with Crippen molar-refractivity contribution < 1.29 is 0 Å². The molecule has 0 aliphatic heterocycles. The van der Waals surface area contributed by atoms with Crippen molar-refractivity contribution in [3.63, 3.8) is 0 Å². The molecule has 3 nitrogen and oxygen atoms in total. The molecule has 0 bridgehead atoms. The Hall–Kier alpha value is -1.51. The zero-order chi connectivity index (χ0) is 13.0. The molecule has 1 aromatic rings. The number of nitrogens with one attached hydrogen (secondary N) is 1. The van der Waals surface area contributed by atoms with E-state index in [1.807, 2.05) is 13.0 Å². The van der Waals surface area contributed by atoms with Gasteiger partial charge in [-0.05, 0) is 43.5 Å². The summed E-state index contributed by atoms with van der Waals surface area (Å²) in [7, 11) is 0. The van der Waals surface area contributed by atoms with E-state index in [1.165, 1.54) is 5.69 Å². The second kappa shape index (κ2) is 5.71. The number of nitrogens with two attached hydrogens (primary N) is 1. The molecule has 0 radical (unpaired) electrons. The van der Waals surface area contributed by atoms with Crippen molar-refractivity contribution in [2.75, 3.05) is 18.0 Å². The van der Waals surface area contributed by atoms with Crippen molar-refractivity contribution in [2.24, 2.45) is 11.7 Å². The first kappa shape index (κ1) is 13.6. The van der Waals surface area contributed by atoms with Gasteiger partial charge in [-0.3, -0.25) is 5.41 Å². The summed E-state index contributed by atoms with van der Waals surface area (Å²) in [6.07, 6.45) is 0. The summed E-state index contributed by atoms with van der Waals surface area (Å²) in [5.41, 5.74) is 8.63. The predicted octanol–water partition coefficient (Wildman–Crippen LogP) is 2.76. The number of amidine groups is 1. The SMILES string of the molecule is CCN(CC(C)C)c1ccc(C(=N)N)c(C)c1. The molecule has 0 amide bonds. The van der Waals surface area contributed by atoms with Crippen LogP contribution < -0.4 is 10.6 Å². The van der Waals surface area contributed by atoms with Gasteiger partial charge in [0.25, 0.3) is 0 Å². The number of hydrogen-bond acceptors (Lipinski definition) is 2. The highest BCUT2D eigenvalue weighted by Crippen LogP contribution is 2.20. The van der Waals surface area contributed by atoms with Gasteiger partial charge >= 0.3 is 0 Å². The molecule has 17 heavy (non-hydrogen) atoms. The minimum atomic E-state index is 0.140. The Morgan fingerprint density at radius 3 is 2.47 bits per heavy atom. The fraction of sp³-hybridized carbons (Fsp3) is 0.500. The Morgan fingerprint density at radius 2 is 2.06 bits per heavy atom. The van der Waals surface area contributed by atoms with Crippen LogP contribution in [0.4, 0.5) is 5.69 Å². The average molecular weight is 233 g/mol. The predicted molar refractivity (Wildman–Crippen MR) is 74.9 cm³/mol. The van der Waals surface area contributed by atoms with Crippen LogP contribution in [0.15, 0.2) is 18.2 Å². The number of nitrogens with zero attached hydrogens (tertiary/aromatic N) is 1. The fourth-order valence-corrected chi connectivity index (χ4v) is 2.00. The zero-order valence-corrected chi connectivity index (χ0v) is 11.2. The van der Waals surface area contributed by atoms with E-state index in [0.717, 1.165) is 24.2 Å². The molecule has 0 aliphatic rings. The van der Waals surface area contributed by atoms with Gasteiger partial charge in [0.15, 0.2) is 0 Å². The summed E-state index contributed by atoms with van der Waals surface area (Å²) >= 11 is 0. The van der Waals surface area contributed by atoms with E-state index in [1.54, 1.807) is 0 Å². The molecule has 0 saturated heterocycles. The second-order valence-electron chi connectivity index (χ2n) is 4.85. The van der Waals surface area contributed by atoms with Crippen molar-refractivity contribution in [1.29, 1.82) is 5.41 Å². The number of benzene rings is 1. The zero-order valence-electron chi connectivity index (χ0n) is 11.2. The maximum Gasteiger partial charge on any atom is 0.123 e. The summed E-state index contributed by atoms with van der Waals surface area (Å²) < 4.78 is 0. The number of aryl methyl sites for hydroxylation is 1. The van der Waals surface area contributed by atoms with Gasteiger partial charge in [0, 0.05) is 24.3 Å². The molecule has 0 spiro atoms. The normalized spacial score (nSPS) is 10.6. The Kier molecular flexibility index (Phi) is 4.55. The van der Waals surface area contributed by atoms with E-state index in [0.29, 0.717) is 5.92 Å². The van der Waals surface area contributed by atoms with Gasteiger partial charge in [-0.1, -0.05) is 13.8 Å². The molecule has 1 rings (SSSR count). The quantitative estimate of drug-likeness (QED) is 0.607. The van der Waals surface area contributed by atoms with E-state index < -0.39 is 0 Å². The third-order valence-electron chi connectivity index (χ3n) is 2.83. The largest absolute Gasteiger partial charge is 0.384 e. The lowest BCUT2D eigenvalue weighted by Gasteiger charge is -2.26. The van der Waals surface area contributed by atoms with Gasteiger partial charge in [-0.15, -0.1) is 0 Å². The van der Waals surface area contributed by atoms with Gasteiger partial charge in [0.2, 0.25) is 0 Å². The first-order chi connectivity index (χ1) is 7.95. The molecule has 0 saturated carbocycles. The van der Waals surface area contributed by atoms with Crippen LogP contribution in [0.2, 0.25) is 0 Å². The van der Waals surface area contributed by atoms with Gasteiger partial charge in [0.05, 0.1) is 0 Å². The van der Waals surface area contributed by atoms with E-state index in [4.69, 9.17) is 11.1 Å². The molecule has 3 N–H and O–H groups in total. The standard InChI is InChI=1S/C14H23N3/c1-5-17(9-10(2)3)12-6-7-13(14(15)16)11(4)8-12/h6-8,10H,5,9H2,1-4H3,(H3,15,16). The fourth-order valence-electron chi connectivity index (χ4n) is 2.00. The lowest BCUT2D eigenvalue weighted by Crippen LogP contribution is -2.27. The lowest BCUT2D eigenvalue weighted by molar-refractivity contribution is 0.618. The van der Waals surface area contributed by atoms with Crippen LogP contribution in [0, 0.1) is 18.3 Å². The topological polar surface area (TPSA) is 53.1 Å². The smallest absolute Gasteiger partial charge is 0.123 e. The second-order valence-corrected chi connectivity index (χ2v) is 4.85. The summed E-state index contributed by atoms with van der Waals surface area (Å²) in [5.74, 6) is 0.781. The molecule has 3 heteroatoms. The molecule has 1 aromatic carbocycles. The maximum atomic E-state index is 7.48. The third-order valence-corrected chi connectivity index (χ3v) is 2.83. The molecule has 0 heterocycles. The van der Waals surface area contributed by atoms with E-state index in [9.17, 15) is 0 Å². The summed E-state index contributed by atoms with van der Waals surface area (Å²) in [5, 5.41) is 7.48. The molecule has 0 aromatic heterocycles. The monoisotopic (exact) mass is 233 g/mol. The summed E-state index contributed by atoms with van der Waals surface area (Å²) in [6, 6.07) is 6.11. The van der Waals surface area contributed by atoms with Crippen molar-refractivity contribution >= 4 is 11.5 Å². The average Bonchev–Trinajstić information content (AvgIpc) is 2.24. The number of hydrogen-bond donors (Lipinski definition) is 2. The molecular formula is C14H23N3. The van der Waals surface area contributed by atoms with Gasteiger partial charge in [0.1, 0.15) is 5.84 Å². The van der Waals surface area contributed by atoms with Crippen LogP contribution in [-0.2, 0) is 0 Å². The molecule has 0 atom stereocenters. The van der Waals surface area contributed by atoms with Gasteiger partial charge in [-0.2, -0.15) is 0 Å². The molecule has 0 unspecified atom stereocenters. The number of anilines is 1. The minimum absolute atomic E-state index is 0.140. The van der Waals surface area contributed by atoms with Crippen LogP contribution in [0.1, 0.15) is 31.9 Å². The van der Waals surface area contributed by atoms with E-state index in [-0.39, 0.29) is 5.84 Å². The highest BCUT2D eigenvalue weighted by Gasteiger charge is 2.09. The van der Waals surface area contributed by atoms with Crippen molar-refractivity contribution in [3.05, 3.63) is 29.3 Å². The van der Waals surface area contributed by atoms with E-state index in [2.05, 4.69) is 37.8 Å². The van der Waals surface area contributed by atoms with Gasteiger partial charge in [-0.25, -0.2) is 0 Å². The minimum Gasteiger partial charge on any atom is -0.384 e. The highest BCUT2D eigenvalue weighted by atomic mass is 15.1. The maximum absolute atomic E-state index is 7.48. The Balaban J connectivity index is 2.98. The number of nitrogen functional groups attached to an aromatic ring is 1. The van der Waals surface area contributed by atoms with Crippen LogP contribution >= 0.6 is 0 Å². The van der Waals surface area contributed by atoms with E-state index >= 15 is 0 Å². The Labute approximate surface area is 104 Å². The van der Waals surface area contributed by atoms with Crippen molar-refractivity contribution in [3.8, 4) is 0 Å². The first-order valence-electron chi connectivity index (χ1n) is 6.15. The van der Waals surface area contributed by atoms with Crippen LogP contribution in [-0.4, -0.2) is 18.9 Å². The van der Waals surface area contributed by atoms with Crippen LogP contribution in [0.25, 0.3) is 0 Å². The van der Waals surface area contributed by atoms with Crippen LogP contribution in [0.3, 0.4) is 0 Å². The third kappa shape index (κ3) is 3.48. The Morgan fingerprint density at radius 1 is 1.41 bits per heavy atom. The number of rotatable bonds is 5. The first-order valence-corrected chi connectivity index (χ1v) is 6.15. The summed E-state index contributed by atoms with van der Waals surface area (Å²) in [6.45, 7) is 10.7. The van der Waals surface area contributed by atoms with Crippen LogP contribution in [0.5, 0.6) is 0 Å². The summed E-state index contributed by atoms with van der Waals surface area (Å²) in [4.78, 5) is 2.35. The van der Waals surface area contributed by atoms with Crippen molar-refractivity contribution in [2.45, 2.75) is 27.7 Å². The lowest BCUT2D eigenvalue weighted by atomic mass is 10.1. The molecule has 94 valence electrons. The molecular weight excluding hydrogens is 210 g/mol. The molecule has 0 aliphatic carbocycles. The Bertz CT molecular complexity index is 396. The van der Waals surface area contributed by atoms with Crippen molar-refractivity contribution in [1.82, 2.24) is 0 Å².